The van der Waals surface area contributed by atoms with E-state index in [1.807, 2.05) is 0 Å². The highest BCUT2D eigenvalue weighted by Gasteiger charge is 2.38. The van der Waals surface area contributed by atoms with Gasteiger partial charge in [0, 0.05) is 25.2 Å². The summed E-state index contributed by atoms with van der Waals surface area (Å²) in [6.07, 6.45) is 11.4. The Balaban J connectivity index is 1.74. The SMILES string of the molecule is CCCCCCCN1CC(CC(C)C)NCC1C1CC1. The fourth-order valence-electron chi connectivity index (χ4n) is 3.75. The van der Waals surface area contributed by atoms with E-state index in [1.165, 1.54) is 71.0 Å². The largest absolute Gasteiger partial charge is 0.311 e. The highest BCUT2D eigenvalue weighted by atomic mass is 15.2. The molecule has 2 aliphatic rings. The molecule has 0 amide bonds. The molecule has 0 aromatic rings. The van der Waals surface area contributed by atoms with E-state index in [-0.39, 0.29) is 0 Å². The second-order valence-electron chi connectivity index (χ2n) is 7.55. The van der Waals surface area contributed by atoms with Crippen LogP contribution in [0.5, 0.6) is 0 Å². The molecule has 2 rings (SSSR count). The average Bonchev–Trinajstić information content (AvgIpc) is 3.22. The van der Waals surface area contributed by atoms with Crippen molar-refractivity contribution >= 4 is 0 Å². The standard InChI is InChI=1S/C18H36N2/c1-4-5-6-7-8-11-20-14-17(12-15(2)3)19-13-18(20)16-9-10-16/h15-19H,4-14H2,1-3H3. The highest BCUT2D eigenvalue weighted by molar-refractivity contribution is 4.95. The topological polar surface area (TPSA) is 15.3 Å². The molecule has 0 bridgehead atoms. The van der Waals surface area contributed by atoms with Crippen molar-refractivity contribution in [2.24, 2.45) is 11.8 Å². The van der Waals surface area contributed by atoms with Crippen LogP contribution in [0.1, 0.15) is 72.1 Å². The second kappa shape index (κ2) is 8.38. The van der Waals surface area contributed by atoms with E-state index in [1.54, 1.807) is 0 Å². The first-order valence-electron chi connectivity index (χ1n) is 9.18. The zero-order valence-corrected chi connectivity index (χ0v) is 14.0. The zero-order chi connectivity index (χ0) is 14.4. The summed E-state index contributed by atoms with van der Waals surface area (Å²) >= 11 is 0. The van der Waals surface area contributed by atoms with Gasteiger partial charge in [0.1, 0.15) is 0 Å². The maximum absolute atomic E-state index is 3.82. The molecule has 2 fully saturated rings. The van der Waals surface area contributed by atoms with Crippen LogP contribution in [0.3, 0.4) is 0 Å². The van der Waals surface area contributed by atoms with Crippen molar-refractivity contribution in [3.05, 3.63) is 0 Å². The second-order valence-corrected chi connectivity index (χ2v) is 7.55. The van der Waals surface area contributed by atoms with Crippen molar-refractivity contribution in [1.82, 2.24) is 10.2 Å². The van der Waals surface area contributed by atoms with Crippen LogP contribution < -0.4 is 5.32 Å². The summed E-state index contributed by atoms with van der Waals surface area (Å²) in [7, 11) is 0. The minimum absolute atomic E-state index is 0.737. The summed E-state index contributed by atoms with van der Waals surface area (Å²) in [5.74, 6) is 1.83. The van der Waals surface area contributed by atoms with Gasteiger partial charge >= 0.3 is 0 Å². The summed E-state index contributed by atoms with van der Waals surface area (Å²) < 4.78 is 0. The Morgan fingerprint density at radius 2 is 1.85 bits per heavy atom. The van der Waals surface area contributed by atoms with Gasteiger partial charge in [-0.2, -0.15) is 0 Å². The number of nitrogens with one attached hydrogen (secondary N) is 1. The summed E-state index contributed by atoms with van der Waals surface area (Å²) in [5.41, 5.74) is 0. The first-order chi connectivity index (χ1) is 9.70. The summed E-state index contributed by atoms with van der Waals surface area (Å²) in [4.78, 5) is 2.84. The van der Waals surface area contributed by atoms with Crippen LogP contribution in [0, 0.1) is 11.8 Å². The Kier molecular flexibility index (Phi) is 6.83. The molecular weight excluding hydrogens is 244 g/mol. The molecule has 20 heavy (non-hydrogen) atoms. The van der Waals surface area contributed by atoms with Crippen LogP contribution in [-0.2, 0) is 0 Å². The molecule has 1 N–H and O–H groups in total. The first-order valence-corrected chi connectivity index (χ1v) is 9.18. The predicted molar refractivity (Wildman–Crippen MR) is 88.1 cm³/mol. The lowest BCUT2D eigenvalue weighted by atomic mass is 9.97. The zero-order valence-electron chi connectivity index (χ0n) is 14.0. The molecule has 0 aromatic carbocycles. The van der Waals surface area contributed by atoms with Gasteiger partial charge in [0.05, 0.1) is 0 Å². The van der Waals surface area contributed by atoms with Gasteiger partial charge in [-0.3, -0.25) is 4.90 Å². The number of piperazine rings is 1. The van der Waals surface area contributed by atoms with E-state index >= 15 is 0 Å². The number of nitrogens with zero attached hydrogens (tertiary/aromatic N) is 1. The van der Waals surface area contributed by atoms with Crippen LogP contribution in [0.2, 0.25) is 0 Å². The minimum atomic E-state index is 0.737. The smallest absolute Gasteiger partial charge is 0.0249 e. The number of unbranched alkanes of at least 4 members (excludes halogenated alkanes) is 4. The Labute approximate surface area is 126 Å². The molecule has 2 unspecified atom stereocenters. The number of hydrogen-bond acceptors (Lipinski definition) is 2. The molecule has 1 saturated carbocycles. The Morgan fingerprint density at radius 1 is 1.10 bits per heavy atom. The van der Waals surface area contributed by atoms with Gasteiger partial charge in [-0.1, -0.05) is 46.5 Å². The van der Waals surface area contributed by atoms with E-state index in [9.17, 15) is 0 Å². The molecule has 2 atom stereocenters. The van der Waals surface area contributed by atoms with Gasteiger partial charge in [0.2, 0.25) is 0 Å². The third-order valence-electron chi connectivity index (χ3n) is 5.01. The van der Waals surface area contributed by atoms with Gasteiger partial charge < -0.3 is 5.32 Å². The maximum Gasteiger partial charge on any atom is 0.0249 e. The van der Waals surface area contributed by atoms with Gasteiger partial charge in [0.15, 0.2) is 0 Å². The van der Waals surface area contributed by atoms with Crippen molar-refractivity contribution in [3.8, 4) is 0 Å². The van der Waals surface area contributed by atoms with Gasteiger partial charge in [-0.15, -0.1) is 0 Å². The summed E-state index contributed by atoms with van der Waals surface area (Å²) in [6, 6.07) is 1.59. The molecule has 0 radical (unpaired) electrons. The average molecular weight is 281 g/mol. The van der Waals surface area contributed by atoms with Crippen molar-refractivity contribution in [2.45, 2.75) is 84.2 Å². The molecule has 2 heteroatoms. The van der Waals surface area contributed by atoms with Crippen LogP contribution >= 0.6 is 0 Å². The van der Waals surface area contributed by atoms with Gasteiger partial charge in [-0.05, 0) is 44.1 Å². The van der Waals surface area contributed by atoms with Crippen molar-refractivity contribution < 1.29 is 0 Å². The number of hydrogen-bond donors (Lipinski definition) is 1. The molecule has 118 valence electrons. The van der Waals surface area contributed by atoms with Crippen LogP contribution in [0.4, 0.5) is 0 Å². The van der Waals surface area contributed by atoms with E-state index < -0.39 is 0 Å². The lowest BCUT2D eigenvalue weighted by Crippen LogP contribution is -2.57. The third-order valence-corrected chi connectivity index (χ3v) is 5.01. The number of rotatable bonds is 9. The molecule has 1 aliphatic heterocycles. The highest BCUT2D eigenvalue weighted by Crippen LogP contribution is 2.36. The van der Waals surface area contributed by atoms with Crippen LogP contribution in [-0.4, -0.2) is 36.6 Å². The fraction of sp³-hybridized carbons (Fsp3) is 1.00. The van der Waals surface area contributed by atoms with E-state index in [0.717, 1.165) is 23.9 Å². The van der Waals surface area contributed by atoms with Crippen molar-refractivity contribution in [2.75, 3.05) is 19.6 Å². The lowest BCUT2D eigenvalue weighted by molar-refractivity contribution is 0.105. The Morgan fingerprint density at radius 3 is 2.50 bits per heavy atom. The van der Waals surface area contributed by atoms with Crippen LogP contribution in [0.25, 0.3) is 0 Å². The van der Waals surface area contributed by atoms with Crippen molar-refractivity contribution in [1.29, 1.82) is 0 Å². The molecular formula is C18H36N2. The monoisotopic (exact) mass is 280 g/mol. The van der Waals surface area contributed by atoms with Gasteiger partial charge in [0.25, 0.3) is 0 Å². The van der Waals surface area contributed by atoms with Crippen LogP contribution in [0.15, 0.2) is 0 Å². The Bertz CT molecular complexity index is 260. The summed E-state index contributed by atoms with van der Waals surface area (Å²) in [5, 5.41) is 3.82. The minimum Gasteiger partial charge on any atom is -0.311 e. The lowest BCUT2D eigenvalue weighted by Gasteiger charge is -2.41. The normalized spacial score (nSPS) is 28.2. The molecule has 0 spiro atoms. The third kappa shape index (κ3) is 5.37. The first kappa shape index (κ1) is 16.3. The summed E-state index contributed by atoms with van der Waals surface area (Å²) in [6.45, 7) is 10.9. The van der Waals surface area contributed by atoms with E-state index in [4.69, 9.17) is 0 Å². The molecule has 2 nitrogen and oxygen atoms in total. The predicted octanol–water partition coefficient (Wildman–Crippen LogP) is 4.06. The van der Waals surface area contributed by atoms with E-state index in [2.05, 4.69) is 31.0 Å². The molecule has 1 heterocycles. The molecule has 0 aromatic heterocycles. The molecule has 1 saturated heterocycles. The maximum atomic E-state index is 3.82. The quantitative estimate of drug-likeness (QED) is 0.641. The van der Waals surface area contributed by atoms with E-state index in [0.29, 0.717) is 0 Å². The van der Waals surface area contributed by atoms with Crippen molar-refractivity contribution in [3.63, 3.8) is 0 Å². The molecule has 1 aliphatic carbocycles. The Hall–Kier alpha value is -0.0800. The van der Waals surface area contributed by atoms with Gasteiger partial charge in [-0.25, -0.2) is 0 Å². The fourth-order valence-corrected chi connectivity index (χ4v) is 3.75.